The molecule has 1 N–H and O–H groups in total. The van der Waals surface area contributed by atoms with Gasteiger partial charge in [0.25, 0.3) is 0 Å². The van der Waals surface area contributed by atoms with Crippen LogP contribution in [0, 0.1) is 6.92 Å². The molecule has 1 aliphatic heterocycles. The van der Waals surface area contributed by atoms with Crippen molar-refractivity contribution in [3.05, 3.63) is 53.9 Å². The minimum Gasteiger partial charge on any atom is -0.377 e. The monoisotopic (exact) mass is 368 g/mol. The van der Waals surface area contributed by atoms with Gasteiger partial charge in [0.05, 0.1) is 30.2 Å². The zero-order chi connectivity index (χ0) is 19.1. The summed E-state index contributed by atoms with van der Waals surface area (Å²) < 4.78 is 7.51. The van der Waals surface area contributed by atoms with E-state index in [2.05, 4.69) is 39.6 Å². The number of hydrogen-bond donors (Lipinski definition) is 1. The summed E-state index contributed by atoms with van der Waals surface area (Å²) in [5.41, 5.74) is 2.86. The summed E-state index contributed by atoms with van der Waals surface area (Å²) in [4.78, 5) is 14.7. The van der Waals surface area contributed by atoms with Crippen molar-refractivity contribution < 1.29 is 9.53 Å². The summed E-state index contributed by atoms with van der Waals surface area (Å²) >= 11 is 0. The molecule has 2 aromatic rings. The number of aromatic nitrogens is 2. The predicted octanol–water partition coefficient (Wildman–Crippen LogP) is 2.86. The molecule has 0 radical (unpaired) electrons. The maximum atomic E-state index is 12.5. The van der Waals surface area contributed by atoms with Crippen molar-refractivity contribution in [2.24, 2.45) is 7.05 Å². The number of nitrogens with zero attached hydrogens (tertiary/aromatic N) is 3. The second-order valence-electron chi connectivity index (χ2n) is 6.96. The van der Waals surface area contributed by atoms with E-state index in [-0.39, 0.29) is 12.0 Å². The Hall–Kier alpha value is -2.44. The molecule has 6 nitrogen and oxygen atoms in total. The molecule has 1 aliphatic rings. The maximum absolute atomic E-state index is 12.5. The summed E-state index contributed by atoms with van der Waals surface area (Å²) in [6.45, 7) is 4.55. The van der Waals surface area contributed by atoms with Crippen molar-refractivity contribution in [1.82, 2.24) is 14.7 Å². The molecule has 144 valence electrons. The van der Waals surface area contributed by atoms with Crippen LogP contribution in [-0.2, 0) is 16.6 Å². The highest BCUT2D eigenvalue weighted by molar-refractivity contribution is 5.92. The molecule has 0 spiro atoms. The van der Waals surface area contributed by atoms with E-state index >= 15 is 0 Å². The first-order valence-corrected chi connectivity index (χ1v) is 9.46. The lowest BCUT2D eigenvalue weighted by molar-refractivity contribution is -0.117. The fraction of sp³-hybridized carbons (Fsp3) is 0.429. The number of carbonyl (C=O) groups is 1. The smallest absolute Gasteiger partial charge is 0.238 e. The van der Waals surface area contributed by atoms with Gasteiger partial charge in [-0.1, -0.05) is 42.5 Å². The minimum absolute atomic E-state index is 0.0304. The first-order valence-electron chi connectivity index (χ1n) is 9.46. The molecule has 1 amide bonds. The molecule has 1 atom stereocenters. The molecule has 1 aromatic carbocycles. The second kappa shape index (κ2) is 9.48. The third-order valence-corrected chi connectivity index (χ3v) is 4.84. The van der Waals surface area contributed by atoms with Gasteiger partial charge in [-0.15, -0.1) is 0 Å². The number of anilines is 1. The highest BCUT2D eigenvalue weighted by Gasteiger charge is 2.20. The molecule has 27 heavy (non-hydrogen) atoms. The van der Waals surface area contributed by atoms with Gasteiger partial charge in [-0.2, -0.15) is 5.10 Å². The fourth-order valence-electron chi connectivity index (χ4n) is 3.20. The number of rotatable bonds is 8. The number of carbonyl (C=O) groups excluding carboxylic acids is 1. The summed E-state index contributed by atoms with van der Waals surface area (Å²) in [7, 11) is 1.86. The summed E-state index contributed by atoms with van der Waals surface area (Å²) in [6.07, 6.45) is 8.25. The summed E-state index contributed by atoms with van der Waals surface area (Å²) in [5.74, 6) is -0.0304. The van der Waals surface area contributed by atoms with Crippen LogP contribution in [0.15, 0.2) is 42.6 Å². The number of benzene rings is 1. The lowest BCUT2D eigenvalue weighted by Crippen LogP contribution is -2.38. The third kappa shape index (κ3) is 5.77. The van der Waals surface area contributed by atoms with Crippen LogP contribution in [0.2, 0.25) is 0 Å². The van der Waals surface area contributed by atoms with E-state index in [9.17, 15) is 4.79 Å². The number of hydrogen-bond acceptors (Lipinski definition) is 4. The van der Waals surface area contributed by atoms with Crippen LogP contribution in [-0.4, -0.2) is 52.9 Å². The van der Waals surface area contributed by atoms with Crippen LogP contribution in [0.1, 0.15) is 24.1 Å². The summed E-state index contributed by atoms with van der Waals surface area (Å²) in [6, 6.07) is 10.2. The number of nitrogens with one attached hydrogen (secondary N) is 1. The van der Waals surface area contributed by atoms with Gasteiger partial charge in [-0.25, -0.2) is 0 Å². The lowest BCUT2D eigenvalue weighted by Gasteiger charge is -2.23. The van der Waals surface area contributed by atoms with Crippen LogP contribution in [0.3, 0.4) is 0 Å². The normalized spacial score (nSPS) is 17.1. The van der Waals surface area contributed by atoms with Gasteiger partial charge >= 0.3 is 0 Å². The molecule has 2 heterocycles. The molecule has 0 unspecified atom stereocenters. The first kappa shape index (κ1) is 19.3. The van der Waals surface area contributed by atoms with Gasteiger partial charge in [0.1, 0.15) is 0 Å². The van der Waals surface area contributed by atoms with Crippen molar-refractivity contribution in [1.29, 1.82) is 0 Å². The van der Waals surface area contributed by atoms with Crippen LogP contribution in [0.5, 0.6) is 0 Å². The molecule has 0 bridgehead atoms. The highest BCUT2D eigenvalue weighted by atomic mass is 16.5. The van der Waals surface area contributed by atoms with E-state index < -0.39 is 0 Å². The first-order chi connectivity index (χ1) is 13.1. The number of amides is 1. The van der Waals surface area contributed by atoms with Crippen LogP contribution >= 0.6 is 0 Å². The van der Waals surface area contributed by atoms with E-state index in [1.54, 1.807) is 10.9 Å². The third-order valence-electron chi connectivity index (χ3n) is 4.84. The Bertz CT molecular complexity index is 764. The zero-order valence-corrected chi connectivity index (χ0v) is 16.1. The Morgan fingerprint density at radius 1 is 1.41 bits per heavy atom. The van der Waals surface area contributed by atoms with Gasteiger partial charge in [-0.3, -0.25) is 14.4 Å². The maximum Gasteiger partial charge on any atom is 0.238 e. The molecule has 1 fully saturated rings. The summed E-state index contributed by atoms with van der Waals surface area (Å²) in [5, 5.41) is 7.14. The largest absolute Gasteiger partial charge is 0.377 e. The molecule has 3 rings (SSSR count). The Labute approximate surface area is 160 Å². The van der Waals surface area contributed by atoms with Gasteiger partial charge in [0.15, 0.2) is 0 Å². The topological polar surface area (TPSA) is 59.4 Å². The van der Waals surface area contributed by atoms with Crippen LogP contribution < -0.4 is 5.32 Å². The molecular weight excluding hydrogens is 340 g/mol. The van der Waals surface area contributed by atoms with Gasteiger partial charge < -0.3 is 10.1 Å². The quantitative estimate of drug-likeness (QED) is 0.778. The standard InChI is InChI=1S/C21H28N4O2/c1-17-20(14-22-24(17)2)23-21(26)16-25(15-19-11-7-13-27-19)12-6-10-18-8-4-3-5-9-18/h3-6,8-10,14,19H,7,11-13,15-16H2,1-2H3,(H,23,26)/b10-6+/t19-/m0/s1. The molecular formula is C21H28N4O2. The van der Waals surface area contributed by atoms with Crippen molar-refractivity contribution in [2.45, 2.75) is 25.9 Å². The average molecular weight is 368 g/mol. The van der Waals surface area contributed by atoms with E-state index in [0.29, 0.717) is 13.1 Å². The van der Waals surface area contributed by atoms with Crippen molar-refractivity contribution in [2.75, 3.05) is 31.6 Å². The van der Waals surface area contributed by atoms with E-state index in [1.165, 1.54) is 0 Å². The zero-order valence-electron chi connectivity index (χ0n) is 16.1. The molecule has 6 heteroatoms. The van der Waals surface area contributed by atoms with Gasteiger partial charge in [0.2, 0.25) is 5.91 Å². The Balaban J connectivity index is 1.59. The van der Waals surface area contributed by atoms with Gasteiger partial charge in [-0.05, 0) is 25.3 Å². The fourth-order valence-corrected chi connectivity index (χ4v) is 3.20. The molecule has 0 saturated carbocycles. The number of ether oxygens (including phenoxy) is 1. The Morgan fingerprint density at radius 2 is 2.22 bits per heavy atom. The van der Waals surface area contributed by atoms with Crippen LogP contribution in [0.4, 0.5) is 5.69 Å². The van der Waals surface area contributed by atoms with Crippen molar-refractivity contribution >= 4 is 17.7 Å². The van der Waals surface area contributed by atoms with E-state index in [0.717, 1.165) is 42.9 Å². The average Bonchev–Trinajstić information content (AvgIpc) is 3.28. The molecule has 0 aliphatic carbocycles. The van der Waals surface area contributed by atoms with Crippen molar-refractivity contribution in [3.63, 3.8) is 0 Å². The Kier molecular flexibility index (Phi) is 6.79. The minimum atomic E-state index is -0.0304. The SMILES string of the molecule is Cc1c(NC(=O)CN(C/C=C/c2ccccc2)C[C@@H]2CCCO2)cnn1C. The van der Waals surface area contributed by atoms with E-state index in [1.807, 2.05) is 32.2 Å². The number of aryl methyl sites for hydroxylation is 1. The predicted molar refractivity (Wildman–Crippen MR) is 107 cm³/mol. The van der Waals surface area contributed by atoms with Crippen molar-refractivity contribution in [3.8, 4) is 0 Å². The van der Waals surface area contributed by atoms with Crippen LogP contribution in [0.25, 0.3) is 6.08 Å². The highest BCUT2D eigenvalue weighted by Crippen LogP contribution is 2.15. The Morgan fingerprint density at radius 3 is 2.89 bits per heavy atom. The second-order valence-corrected chi connectivity index (χ2v) is 6.96. The van der Waals surface area contributed by atoms with Gasteiger partial charge in [0, 0.05) is 26.7 Å². The molecule has 1 saturated heterocycles. The molecule has 1 aromatic heterocycles. The van der Waals surface area contributed by atoms with E-state index in [4.69, 9.17) is 4.74 Å². The lowest BCUT2D eigenvalue weighted by atomic mass is 10.2.